The van der Waals surface area contributed by atoms with Crippen molar-refractivity contribution in [1.82, 2.24) is 35.8 Å². The number of hydrogen-bond acceptors (Lipinski definition) is 8. The van der Waals surface area contributed by atoms with Crippen LogP contribution in [0.4, 0.5) is 0 Å². The number of fused-ring (bicyclic) bond motifs is 4. The lowest BCUT2D eigenvalue weighted by atomic mass is 9.90. The molecule has 2 aromatic heterocycles. The van der Waals surface area contributed by atoms with E-state index in [1.165, 1.54) is 5.01 Å². The number of aromatic nitrogens is 3. The summed E-state index contributed by atoms with van der Waals surface area (Å²) in [5, 5.41) is 13.0. The van der Waals surface area contributed by atoms with E-state index in [2.05, 4.69) is 26.1 Å². The van der Waals surface area contributed by atoms with Gasteiger partial charge in [0, 0.05) is 37.1 Å². The Morgan fingerprint density at radius 2 is 1.89 bits per heavy atom. The van der Waals surface area contributed by atoms with Gasteiger partial charge in [0.2, 0.25) is 11.8 Å². The van der Waals surface area contributed by atoms with E-state index in [1.807, 2.05) is 31.2 Å². The minimum atomic E-state index is -0.988. The first kappa shape index (κ1) is 30.9. The Kier molecular flexibility index (Phi) is 9.09. The summed E-state index contributed by atoms with van der Waals surface area (Å²) in [5.74, 6) is -1.70. The SMILES string of the molecule is C[C@@H]1NC(=O)[C@H](CCn2cccn2)NC(=O)C(C)(C)/C=C/c2cc3cc(ccc3cn2)[C@@H](C)OC(=O)[C@@H]2CCCN(N2)C1=O. The van der Waals surface area contributed by atoms with Crippen molar-refractivity contribution >= 4 is 40.5 Å². The number of aryl methyl sites for hydroxylation is 1. The van der Waals surface area contributed by atoms with Gasteiger partial charge < -0.3 is 15.4 Å². The summed E-state index contributed by atoms with van der Waals surface area (Å²) >= 11 is 0. The van der Waals surface area contributed by atoms with Gasteiger partial charge in [0.25, 0.3) is 5.91 Å². The Morgan fingerprint density at radius 1 is 1.07 bits per heavy atom. The van der Waals surface area contributed by atoms with E-state index < -0.39 is 47.4 Å². The number of rotatable bonds is 3. The molecule has 4 heterocycles. The smallest absolute Gasteiger partial charge is 0.325 e. The fourth-order valence-corrected chi connectivity index (χ4v) is 5.25. The van der Waals surface area contributed by atoms with E-state index in [1.54, 1.807) is 62.3 Å². The van der Waals surface area contributed by atoms with Crippen molar-refractivity contribution < 1.29 is 23.9 Å². The Labute approximate surface area is 256 Å². The average Bonchev–Trinajstić information content (AvgIpc) is 3.54. The molecule has 1 fully saturated rings. The van der Waals surface area contributed by atoms with Gasteiger partial charge in [-0.2, -0.15) is 5.10 Å². The third-order valence-corrected chi connectivity index (χ3v) is 8.08. The van der Waals surface area contributed by atoms with Crippen LogP contribution in [-0.4, -0.2) is 68.1 Å². The molecule has 0 saturated carbocycles. The lowest BCUT2D eigenvalue weighted by Crippen LogP contribution is -2.60. The van der Waals surface area contributed by atoms with Crippen molar-refractivity contribution in [2.24, 2.45) is 5.41 Å². The normalized spacial score (nSPS) is 25.7. The molecule has 12 nitrogen and oxygen atoms in total. The van der Waals surface area contributed by atoms with Crippen molar-refractivity contribution in [3.05, 3.63) is 66.3 Å². The highest BCUT2D eigenvalue weighted by Gasteiger charge is 2.34. The summed E-state index contributed by atoms with van der Waals surface area (Å²) in [4.78, 5) is 58.0. The second-order valence-electron chi connectivity index (χ2n) is 12.0. The van der Waals surface area contributed by atoms with Crippen molar-refractivity contribution in [1.29, 1.82) is 0 Å². The predicted octanol–water partition coefficient (Wildman–Crippen LogP) is 2.66. The Hall–Kier alpha value is -4.58. The number of nitrogens with one attached hydrogen (secondary N) is 3. The second-order valence-corrected chi connectivity index (χ2v) is 12.0. The fourth-order valence-electron chi connectivity index (χ4n) is 5.25. The summed E-state index contributed by atoms with van der Waals surface area (Å²) in [6, 6.07) is 6.91. The van der Waals surface area contributed by atoms with E-state index in [0.717, 1.165) is 16.3 Å². The highest BCUT2D eigenvalue weighted by atomic mass is 16.5. The molecule has 1 aromatic carbocycles. The first-order chi connectivity index (χ1) is 21.0. The number of nitrogens with zero attached hydrogens (tertiary/aromatic N) is 4. The number of carbonyl (C=O) groups is 4. The van der Waals surface area contributed by atoms with Crippen LogP contribution in [0, 0.1) is 5.41 Å². The number of cyclic esters (lactones) is 1. The van der Waals surface area contributed by atoms with Crippen LogP contribution in [0.3, 0.4) is 0 Å². The first-order valence-electron chi connectivity index (χ1n) is 15.0. The minimum absolute atomic E-state index is 0.253. The fraction of sp³-hybridized carbons (Fsp3) is 0.438. The zero-order valence-electron chi connectivity index (χ0n) is 25.4. The largest absolute Gasteiger partial charge is 0.457 e. The minimum Gasteiger partial charge on any atom is -0.457 e. The molecule has 0 aliphatic carbocycles. The van der Waals surface area contributed by atoms with Crippen LogP contribution in [0.25, 0.3) is 16.8 Å². The molecule has 44 heavy (non-hydrogen) atoms. The highest BCUT2D eigenvalue weighted by Crippen LogP contribution is 2.26. The third-order valence-electron chi connectivity index (χ3n) is 8.08. The summed E-state index contributed by atoms with van der Waals surface area (Å²) in [5.41, 5.74) is 3.48. The number of hydrogen-bond donors (Lipinski definition) is 3. The van der Waals surface area contributed by atoms with Gasteiger partial charge in [-0.1, -0.05) is 18.2 Å². The highest BCUT2D eigenvalue weighted by molar-refractivity contribution is 5.94. The van der Waals surface area contributed by atoms with Gasteiger partial charge >= 0.3 is 5.97 Å². The summed E-state index contributed by atoms with van der Waals surface area (Å²) in [7, 11) is 0. The lowest BCUT2D eigenvalue weighted by molar-refractivity contribution is -0.157. The van der Waals surface area contributed by atoms with Gasteiger partial charge in [0.1, 0.15) is 24.2 Å². The van der Waals surface area contributed by atoms with Gasteiger partial charge in [-0.15, -0.1) is 0 Å². The molecule has 0 spiro atoms. The molecule has 0 unspecified atom stereocenters. The molecule has 5 rings (SSSR count). The summed E-state index contributed by atoms with van der Waals surface area (Å²) in [6.07, 6.45) is 9.52. The molecule has 3 aromatic rings. The molecule has 232 valence electrons. The standard InChI is InChI=1S/C32H39N7O5/c1-20-29(41)39-15-5-7-27(37-39)30(42)44-21(2)22-8-9-23-19-33-25(18-24(23)17-22)10-12-32(3,4)31(43)36-26(28(40)35-20)11-16-38-14-6-13-34-38/h6,8-10,12-14,17-21,26-27,37H,5,7,11,15-16H2,1-4H3,(H,35,40)(H,36,43)/b12-10+/t20-,21+,26-,27-/m0/s1. The number of ether oxygens (including phenoxy) is 1. The maximum atomic E-state index is 13.5. The zero-order chi connectivity index (χ0) is 31.4. The molecular formula is C32H39N7O5. The van der Waals surface area contributed by atoms with E-state index in [4.69, 9.17) is 4.74 Å². The van der Waals surface area contributed by atoms with Gasteiger partial charge in [0.05, 0.1) is 11.1 Å². The molecule has 1 saturated heterocycles. The number of benzene rings is 1. The van der Waals surface area contributed by atoms with E-state index in [9.17, 15) is 19.2 Å². The van der Waals surface area contributed by atoms with Gasteiger partial charge in [-0.25, -0.2) is 5.43 Å². The number of amides is 3. The molecule has 12 heteroatoms. The molecule has 5 bridgehead atoms. The predicted molar refractivity (Wildman–Crippen MR) is 163 cm³/mol. The maximum absolute atomic E-state index is 13.5. The van der Waals surface area contributed by atoms with E-state index in [-0.39, 0.29) is 12.3 Å². The molecule has 0 radical (unpaired) electrons. The van der Waals surface area contributed by atoms with Crippen LogP contribution in [0.15, 0.2) is 55.0 Å². The number of pyridine rings is 1. The topological polar surface area (TPSA) is 148 Å². The second kappa shape index (κ2) is 13.0. The number of esters is 1. The van der Waals surface area contributed by atoms with Gasteiger partial charge in [-0.05, 0) is 82.2 Å². The summed E-state index contributed by atoms with van der Waals surface area (Å²) in [6.45, 7) is 7.66. The van der Waals surface area contributed by atoms with E-state index >= 15 is 0 Å². The molecular weight excluding hydrogens is 562 g/mol. The van der Waals surface area contributed by atoms with Crippen molar-refractivity contribution in [2.75, 3.05) is 6.54 Å². The Morgan fingerprint density at radius 3 is 2.66 bits per heavy atom. The van der Waals surface area contributed by atoms with Crippen molar-refractivity contribution in [3.8, 4) is 0 Å². The van der Waals surface area contributed by atoms with E-state index in [0.29, 0.717) is 31.6 Å². The number of carbonyl (C=O) groups excluding carboxylic acids is 4. The zero-order valence-corrected chi connectivity index (χ0v) is 25.4. The monoisotopic (exact) mass is 601 g/mol. The first-order valence-corrected chi connectivity index (χ1v) is 15.0. The number of hydrazine groups is 1. The third kappa shape index (κ3) is 7.13. The lowest BCUT2D eigenvalue weighted by Gasteiger charge is -2.35. The van der Waals surface area contributed by atoms with Crippen LogP contribution >= 0.6 is 0 Å². The summed E-state index contributed by atoms with van der Waals surface area (Å²) < 4.78 is 7.49. The molecule has 3 N–H and O–H groups in total. The quantitative estimate of drug-likeness (QED) is 0.388. The van der Waals surface area contributed by atoms with Crippen molar-refractivity contribution in [3.63, 3.8) is 0 Å². The van der Waals surface area contributed by atoms with Crippen LogP contribution in [0.5, 0.6) is 0 Å². The molecule has 2 aliphatic heterocycles. The molecule has 3 amide bonds. The van der Waals surface area contributed by atoms with Crippen LogP contribution in [0.2, 0.25) is 0 Å². The molecule has 4 atom stereocenters. The Bertz CT molecular complexity index is 1570. The van der Waals surface area contributed by atoms with Gasteiger partial charge in [-0.3, -0.25) is 33.9 Å². The van der Waals surface area contributed by atoms with Crippen molar-refractivity contribution in [2.45, 2.75) is 77.7 Å². The Balaban J connectivity index is 1.47. The molecule has 2 aliphatic rings. The average molecular weight is 602 g/mol. The van der Waals surface area contributed by atoms with Gasteiger partial charge in [0.15, 0.2) is 0 Å². The van der Waals surface area contributed by atoms with Crippen LogP contribution < -0.4 is 16.1 Å². The van der Waals surface area contributed by atoms with Crippen LogP contribution in [0.1, 0.15) is 64.3 Å². The van der Waals surface area contributed by atoms with Crippen LogP contribution in [-0.2, 0) is 30.5 Å². The maximum Gasteiger partial charge on any atom is 0.325 e.